The molecule has 0 fully saturated rings. The Morgan fingerprint density at radius 1 is 2.00 bits per heavy atom. The van der Waals surface area contributed by atoms with Gasteiger partial charge in [0.2, 0.25) is 0 Å². The van der Waals surface area contributed by atoms with Crippen molar-refractivity contribution in [2.75, 3.05) is 0 Å². The van der Waals surface area contributed by atoms with Crippen molar-refractivity contribution in [3.63, 3.8) is 0 Å². The van der Waals surface area contributed by atoms with Crippen LogP contribution in [0.1, 0.15) is 0 Å². The summed E-state index contributed by atoms with van der Waals surface area (Å²) >= 11 is 9.92. The first kappa shape index (κ1) is 4.22. The topological polar surface area (TPSA) is 43.1 Å². The summed E-state index contributed by atoms with van der Waals surface area (Å²) in [6.07, 6.45) is 0. The van der Waals surface area contributed by atoms with Crippen molar-refractivity contribution in [1.29, 1.82) is 0 Å². The third-order valence-electron chi connectivity index (χ3n) is 0.198. The minimum atomic E-state index is -1.13. The molecule has 2 N–H and O–H groups in total. The Morgan fingerprint density at radius 3 is 2.50 bits per heavy atom. The summed E-state index contributed by atoms with van der Waals surface area (Å²) < 4.78 is 6.17. The molecule has 2 nitrogen and oxygen atoms in total. The van der Waals surface area contributed by atoms with Crippen molar-refractivity contribution >= 4 is 29.1 Å². The summed E-state index contributed by atoms with van der Waals surface area (Å²) in [5.41, 5.74) is 1.51. The van der Waals surface area contributed by atoms with E-state index in [9.17, 15) is 4.79 Å². The van der Waals surface area contributed by atoms with Gasteiger partial charge >= 0.3 is 0 Å². The minimum Gasteiger partial charge on any atom is -0.367 e. The Hall–Kier alpha value is 0.0500. The molecule has 0 radical (unpaired) electrons. The van der Waals surface area contributed by atoms with Crippen LogP contribution in [0.25, 0.3) is 0 Å². The Kier molecular flexibility index (Phi) is 1.59. The quantitative estimate of drug-likeness (QED) is 0.507. The fourth-order valence-electron chi connectivity index (χ4n) is 0. The molecule has 0 atom stereocenters. The van der Waals surface area contributed by atoms with Gasteiger partial charge < -0.3 is 5.73 Å². The molecule has 0 spiro atoms. The van der Waals surface area contributed by atoms with E-state index >= 15 is 0 Å². The molecule has 0 aromatic rings. The van der Waals surface area contributed by atoms with Crippen LogP contribution in [-0.2, 0) is 4.79 Å². The predicted molar refractivity (Wildman–Crippen MR) is 24.7 cm³/mol. The van der Waals surface area contributed by atoms with Gasteiger partial charge in [-0.3, -0.25) is 4.79 Å². The maximum absolute atomic E-state index is 9.95. The summed E-state index contributed by atoms with van der Waals surface area (Å²) in [5.74, 6) is -0.705. The van der Waals surface area contributed by atoms with Crippen LogP contribution in [0.3, 0.4) is 0 Å². The van der Waals surface area contributed by atoms with Crippen LogP contribution in [0, 0.1) is 0 Å². The maximum atomic E-state index is 9.95. The Labute approximate surface area is 46.7 Å². The molecule has 0 aliphatic rings. The van der Waals surface area contributed by atoms with Crippen LogP contribution < -0.4 is 5.73 Å². The van der Waals surface area contributed by atoms with Crippen molar-refractivity contribution in [2.45, 2.75) is 4.84 Å². The van der Waals surface area contributed by atoms with Gasteiger partial charge in [0.05, 0.1) is 0 Å². The van der Waals surface area contributed by atoms with Gasteiger partial charge in [0.25, 0.3) is 5.91 Å². The van der Waals surface area contributed by atoms with E-state index in [1.165, 1.54) is 5.73 Å². The second-order valence-corrected chi connectivity index (χ2v) is 1.76. The standard InChI is InChI=1S/C2H3Cl2NO/c3-1(4)2(5)6/h1H,(H2,5,6)/i/hD. The number of amides is 1. The molecule has 4 heteroatoms. The highest BCUT2D eigenvalue weighted by Gasteiger charge is 2.02. The zero-order valence-corrected chi connectivity index (χ0v) is 4.25. The lowest BCUT2D eigenvalue weighted by Gasteiger charge is -1.85. The molecule has 0 heterocycles. The van der Waals surface area contributed by atoms with Crippen LogP contribution in [0.4, 0.5) is 0 Å². The Bertz CT molecular complexity index is 76.1. The molecule has 0 aromatic heterocycles. The SMILES string of the molecule is [2H]NC(=O)C(Cl)Cl. The lowest BCUT2D eigenvalue weighted by molar-refractivity contribution is -0.116. The average molecular weight is 129 g/mol. The van der Waals surface area contributed by atoms with E-state index in [0.29, 0.717) is 0 Å². The van der Waals surface area contributed by atoms with Gasteiger partial charge in [-0.05, 0) is 0 Å². The second-order valence-electron chi connectivity index (χ2n) is 0.665. The molecular formula is C2H3Cl2NO. The predicted octanol–water partition coefficient (Wildman–Crippen LogP) is 0.275. The van der Waals surface area contributed by atoms with Crippen LogP contribution in [-0.4, -0.2) is 10.7 Å². The molecule has 0 bridgehead atoms. The zero-order valence-electron chi connectivity index (χ0n) is 3.74. The van der Waals surface area contributed by atoms with Gasteiger partial charge in [-0.1, -0.05) is 23.2 Å². The number of carbonyl (C=O) groups is 1. The molecule has 0 aliphatic carbocycles. The normalized spacial score (nSPS) is 10.8. The van der Waals surface area contributed by atoms with Crippen LogP contribution in [0.5, 0.6) is 0 Å². The average Bonchev–Trinajstić information content (AvgIpc) is 1.65. The first-order valence-electron chi connectivity index (χ1n) is 1.68. The second kappa shape index (κ2) is 2.26. The number of primary amides is 1. The maximum Gasteiger partial charge on any atom is 0.250 e. The highest BCUT2D eigenvalue weighted by Crippen LogP contribution is 1.97. The number of rotatable bonds is 1. The Morgan fingerprint density at radius 2 is 2.50 bits per heavy atom. The van der Waals surface area contributed by atoms with Gasteiger partial charge in [-0.15, -0.1) is 0 Å². The fourth-order valence-corrected chi connectivity index (χ4v) is 0. The summed E-state index contributed by atoms with van der Waals surface area (Å²) in [6, 6.07) is 0. The molecule has 0 saturated heterocycles. The van der Waals surface area contributed by atoms with E-state index < -0.39 is 10.7 Å². The summed E-state index contributed by atoms with van der Waals surface area (Å²) in [4.78, 5) is 8.82. The summed E-state index contributed by atoms with van der Waals surface area (Å²) in [5, 5.41) is 0. The zero-order chi connectivity index (χ0) is 5.86. The van der Waals surface area contributed by atoms with E-state index in [2.05, 4.69) is 0 Å². The molecule has 0 saturated carbocycles. The molecule has 0 rings (SSSR count). The van der Waals surface area contributed by atoms with Crippen molar-refractivity contribution in [3.8, 4) is 0 Å². The van der Waals surface area contributed by atoms with E-state index in [4.69, 9.17) is 24.6 Å². The molecule has 0 unspecified atom stereocenters. The van der Waals surface area contributed by atoms with E-state index in [1.807, 2.05) is 0 Å². The van der Waals surface area contributed by atoms with Gasteiger partial charge in [-0.25, -0.2) is 0 Å². The highest BCUT2D eigenvalue weighted by atomic mass is 35.5. The molecular weight excluding hydrogens is 125 g/mol. The number of carbonyl (C=O) groups excluding carboxylic acids is 1. The van der Waals surface area contributed by atoms with Gasteiger partial charge in [-0.2, -0.15) is 0 Å². The summed E-state index contributed by atoms with van der Waals surface area (Å²) in [7, 11) is 0. The van der Waals surface area contributed by atoms with Crippen LogP contribution in [0.2, 0.25) is 1.41 Å². The third kappa shape index (κ3) is 2.30. The van der Waals surface area contributed by atoms with Gasteiger partial charge in [0.15, 0.2) is 6.25 Å². The lowest BCUT2D eigenvalue weighted by Crippen LogP contribution is -2.17. The monoisotopic (exact) mass is 128 g/mol. The molecule has 1 amide bonds. The number of hydrogen-bond donors (Lipinski definition) is 1. The molecule has 0 aliphatic heterocycles. The van der Waals surface area contributed by atoms with E-state index in [1.54, 1.807) is 0 Å². The molecule has 0 aromatic carbocycles. The van der Waals surface area contributed by atoms with E-state index in [0.717, 1.165) is 0 Å². The number of nitrogens with two attached hydrogens (primary N) is 1. The van der Waals surface area contributed by atoms with Crippen LogP contribution in [0.15, 0.2) is 0 Å². The number of alkyl halides is 2. The van der Waals surface area contributed by atoms with Crippen molar-refractivity contribution < 1.29 is 6.21 Å². The Balaban J connectivity index is 3.35. The first-order chi connectivity index (χ1) is 3.18. The summed E-state index contributed by atoms with van der Waals surface area (Å²) in [6.45, 7) is 0. The largest absolute Gasteiger partial charge is 0.367 e. The molecule has 36 valence electrons. The van der Waals surface area contributed by atoms with Gasteiger partial charge in [0.1, 0.15) is 0 Å². The third-order valence-corrected chi connectivity index (χ3v) is 0.595. The smallest absolute Gasteiger partial charge is 0.250 e. The van der Waals surface area contributed by atoms with Crippen molar-refractivity contribution in [3.05, 3.63) is 0 Å². The minimum absolute atomic E-state index is 0.705. The lowest BCUT2D eigenvalue weighted by atomic mass is 10.8. The number of halogens is 2. The van der Waals surface area contributed by atoms with Crippen molar-refractivity contribution in [1.82, 2.24) is 0 Å². The molecule has 6 heavy (non-hydrogen) atoms. The van der Waals surface area contributed by atoms with Crippen molar-refractivity contribution in [2.24, 2.45) is 5.73 Å². The van der Waals surface area contributed by atoms with Crippen LogP contribution >= 0.6 is 23.2 Å². The van der Waals surface area contributed by atoms with E-state index in [-0.39, 0.29) is 0 Å². The highest BCUT2D eigenvalue weighted by molar-refractivity contribution is 6.53. The van der Waals surface area contributed by atoms with Gasteiger partial charge in [0, 0.05) is 0 Å². The number of hydrogen-bond acceptors (Lipinski definition) is 1. The first-order valence-corrected chi connectivity index (χ1v) is 2.05. The fraction of sp³-hybridized carbons (Fsp3) is 0.500.